The highest BCUT2D eigenvalue weighted by molar-refractivity contribution is 6.39. The van der Waals surface area contributed by atoms with E-state index in [0.717, 1.165) is 27.6 Å². The molecule has 0 fully saturated rings. The number of hydrogen-bond donors (Lipinski definition) is 2. The van der Waals surface area contributed by atoms with Crippen molar-refractivity contribution in [3.05, 3.63) is 181 Å². The maximum Gasteiger partial charge on any atom is 0.0632 e. The number of allylic oxidation sites excluding steroid dienone is 1. The van der Waals surface area contributed by atoms with Crippen LogP contribution < -0.4 is 5.73 Å². The summed E-state index contributed by atoms with van der Waals surface area (Å²) in [5.74, 6) is 0. The number of aromatic nitrogens is 1. The molecule has 0 saturated heterocycles. The van der Waals surface area contributed by atoms with Gasteiger partial charge in [0, 0.05) is 33.0 Å². The fourth-order valence-electron chi connectivity index (χ4n) is 8.95. The van der Waals surface area contributed by atoms with Gasteiger partial charge >= 0.3 is 0 Å². The van der Waals surface area contributed by atoms with Crippen LogP contribution in [0.25, 0.3) is 98.5 Å². The number of nitrogens with zero attached hydrogens (tertiary/aromatic N) is 1. The lowest BCUT2D eigenvalue weighted by molar-refractivity contribution is 1.20. The van der Waals surface area contributed by atoms with Gasteiger partial charge in [-0.05, 0) is 84.2 Å². The normalized spacial score (nSPS) is 12.5. The van der Waals surface area contributed by atoms with Gasteiger partial charge in [-0.2, -0.15) is 0 Å². The quantitative estimate of drug-likeness (QED) is 0.177. The van der Waals surface area contributed by atoms with Crippen molar-refractivity contribution >= 4 is 76.3 Å². The summed E-state index contributed by atoms with van der Waals surface area (Å²) < 4.78 is 2.47. The Morgan fingerprint density at radius 1 is 0.462 bits per heavy atom. The summed E-state index contributed by atoms with van der Waals surface area (Å²) in [6.45, 7) is 0. The van der Waals surface area contributed by atoms with E-state index in [1.54, 1.807) is 6.08 Å². The Hall–Kier alpha value is -6.97. The van der Waals surface area contributed by atoms with Crippen molar-refractivity contribution in [3.63, 3.8) is 0 Å². The maximum atomic E-state index is 8.75. The monoisotopic (exact) mass is 661 g/mol. The van der Waals surface area contributed by atoms with Crippen LogP contribution in [-0.2, 0) is 0 Å². The summed E-state index contributed by atoms with van der Waals surface area (Å²) in [5, 5.41) is 21.2. The SMILES string of the molecule is N=C(/C=C(\N)c1ccc(-n2c3ccc4c5c3c3c6c(cccc6c(-c6ccccc6)c-5c5ccccc54)ccc32)c2ccccc12)c1ccccc1. The van der Waals surface area contributed by atoms with E-state index in [4.69, 9.17) is 11.1 Å². The Kier molecular flexibility index (Phi) is 5.97. The largest absolute Gasteiger partial charge is 0.398 e. The van der Waals surface area contributed by atoms with Crippen LogP contribution in [0.15, 0.2) is 170 Å². The molecule has 0 saturated carbocycles. The summed E-state index contributed by atoms with van der Waals surface area (Å²) >= 11 is 0. The van der Waals surface area contributed by atoms with E-state index in [9.17, 15) is 0 Å². The lowest BCUT2D eigenvalue weighted by atomic mass is 9.92. The standard InChI is InChI=1S/C49H31N3/c50-39(29-12-3-1-4-13-29)28-40(51)34-23-26-41(35-19-9-7-17-32(34)35)52-42-25-22-31-16-11-21-38-44(30-14-5-2-6-15-30)46-36-20-10-8-18-33(36)37-24-27-43(52)49(47(37)46)48(42)45(31)38/h1-28,50H,51H2/b40-28-,50-39?. The highest BCUT2D eigenvalue weighted by Crippen LogP contribution is 2.55. The van der Waals surface area contributed by atoms with Crippen molar-refractivity contribution < 1.29 is 0 Å². The molecule has 0 atom stereocenters. The summed E-state index contributed by atoms with van der Waals surface area (Å²) in [7, 11) is 0. The molecule has 0 spiro atoms. The first-order chi connectivity index (χ1) is 25.7. The minimum absolute atomic E-state index is 0.388. The van der Waals surface area contributed by atoms with Gasteiger partial charge in [-0.25, -0.2) is 0 Å². The molecule has 3 N–H and O–H groups in total. The summed E-state index contributed by atoms with van der Waals surface area (Å²) in [6, 6.07) is 58.5. The minimum Gasteiger partial charge on any atom is -0.398 e. The van der Waals surface area contributed by atoms with Crippen LogP contribution in [0.1, 0.15) is 11.1 Å². The second-order valence-corrected chi connectivity index (χ2v) is 13.8. The molecular weight excluding hydrogens is 631 g/mol. The molecule has 242 valence electrons. The average molecular weight is 662 g/mol. The van der Waals surface area contributed by atoms with Crippen molar-refractivity contribution in [1.82, 2.24) is 4.57 Å². The predicted molar refractivity (Wildman–Crippen MR) is 221 cm³/mol. The second kappa shape index (κ2) is 10.8. The Morgan fingerprint density at radius 3 is 1.90 bits per heavy atom. The van der Waals surface area contributed by atoms with Crippen LogP contribution in [0.3, 0.4) is 0 Å². The first-order valence-corrected chi connectivity index (χ1v) is 17.7. The highest BCUT2D eigenvalue weighted by atomic mass is 15.0. The van der Waals surface area contributed by atoms with E-state index in [0.29, 0.717) is 11.4 Å². The molecule has 3 heteroatoms. The van der Waals surface area contributed by atoms with E-state index in [1.165, 1.54) is 76.4 Å². The van der Waals surface area contributed by atoms with Gasteiger partial charge in [0.1, 0.15) is 0 Å². The van der Waals surface area contributed by atoms with Gasteiger partial charge in [-0.1, -0.05) is 146 Å². The molecule has 1 heterocycles. The van der Waals surface area contributed by atoms with Gasteiger partial charge in [0.2, 0.25) is 0 Å². The fourth-order valence-corrected chi connectivity index (χ4v) is 8.95. The Labute approximate surface area is 300 Å². The van der Waals surface area contributed by atoms with Gasteiger partial charge in [0.05, 0.1) is 22.4 Å². The van der Waals surface area contributed by atoms with Gasteiger partial charge in [0.25, 0.3) is 0 Å². The summed E-state index contributed by atoms with van der Waals surface area (Å²) in [6.07, 6.45) is 1.77. The van der Waals surface area contributed by atoms with Crippen LogP contribution in [0.4, 0.5) is 0 Å². The van der Waals surface area contributed by atoms with Crippen molar-refractivity contribution in [3.8, 4) is 27.9 Å². The van der Waals surface area contributed by atoms with E-state index in [-0.39, 0.29) is 0 Å². The van der Waals surface area contributed by atoms with Gasteiger partial charge in [0.15, 0.2) is 0 Å². The van der Waals surface area contributed by atoms with Gasteiger partial charge in [-0.3, -0.25) is 0 Å². The van der Waals surface area contributed by atoms with E-state index in [2.05, 4.69) is 138 Å². The van der Waals surface area contributed by atoms with E-state index < -0.39 is 0 Å². The zero-order chi connectivity index (χ0) is 34.5. The number of hydrogen-bond acceptors (Lipinski definition) is 2. The summed E-state index contributed by atoms with van der Waals surface area (Å²) in [5.41, 5.74) is 18.1. The molecule has 2 aliphatic carbocycles. The lowest BCUT2D eigenvalue weighted by Gasteiger charge is -2.16. The topological polar surface area (TPSA) is 54.8 Å². The van der Waals surface area contributed by atoms with Crippen molar-refractivity contribution in [2.75, 3.05) is 0 Å². The fraction of sp³-hybridized carbons (Fsp3) is 0. The number of rotatable bonds is 5. The molecular formula is C49H31N3. The van der Waals surface area contributed by atoms with Crippen LogP contribution in [0.2, 0.25) is 0 Å². The Bertz CT molecular complexity index is 3190. The van der Waals surface area contributed by atoms with Crippen molar-refractivity contribution in [2.24, 2.45) is 5.73 Å². The van der Waals surface area contributed by atoms with E-state index in [1.807, 2.05) is 30.3 Å². The Balaban J connectivity index is 1.27. The zero-order valence-corrected chi connectivity index (χ0v) is 28.2. The molecule has 11 rings (SSSR count). The van der Waals surface area contributed by atoms with Crippen molar-refractivity contribution in [2.45, 2.75) is 0 Å². The average Bonchev–Trinajstić information content (AvgIpc) is 3.66. The highest BCUT2D eigenvalue weighted by Gasteiger charge is 2.29. The number of nitrogens with two attached hydrogens (primary N) is 1. The van der Waals surface area contributed by atoms with Gasteiger partial charge in [-0.15, -0.1) is 0 Å². The van der Waals surface area contributed by atoms with E-state index >= 15 is 0 Å². The molecule has 8 aromatic carbocycles. The second-order valence-electron chi connectivity index (χ2n) is 13.8. The minimum atomic E-state index is 0.388. The lowest BCUT2D eigenvalue weighted by Crippen LogP contribution is -2.04. The molecule has 3 nitrogen and oxygen atoms in total. The molecule has 52 heavy (non-hydrogen) atoms. The number of fused-ring (bicyclic) bond motifs is 4. The molecule has 0 aliphatic heterocycles. The molecule has 0 radical (unpaired) electrons. The number of nitrogens with one attached hydrogen (secondary N) is 1. The third-order valence-electron chi connectivity index (χ3n) is 11.1. The maximum absolute atomic E-state index is 8.75. The molecule has 0 unspecified atom stereocenters. The third kappa shape index (κ3) is 3.88. The predicted octanol–water partition coefficient (Wildman–Crippen LogP) is 12.4. The summed E-state index contributed by atoms with van der Waals surface area (Å²) in [4.78, 5) is 0. The van der Waals surface area contributed by atoms with Gasteiger partial charge < -0.3 is 15.7 Å². The van der Waals surface area contributed by atoms with Crippen LogP contribution >= 0.6 is 0 Å². The Morgan fingerprint density at radius 2 is 1.10 bits per heavy atom. The van der Waals surface area contributed by atoms with Crippen molar-refractivity contribution in [1.29, 1.82) is 5.41 Å². The first kappa shape index (κ1) is 28.8. The molecule has 2 aliphatic rings. The number of benzene rings is 8. The van der Waals surface area contributed by atoms with Crippen LogP contribution in [0.5, 0.6) is 0 Å². The molecule has 0 bridgehead atoms. The smallest absolute Gasteiger partial charge is 0.0632 e. The zero-order valence-electron chi connectivity index (χ0n) is 28.2. The van der Waals surface area contributed by atoms with Crippen LogP contribution in [0, 0.1) is 5.41 Å². The molecule has 1 aromatic heterocycles. The first-order valence-electron chi connectivity index (χ1n) is 17.7. The van der Waals surface area contributed by atoms with Crippen LogP contribution in [-0.4, -0.2) is 10.3 Å². The third-order valence-corrected chi connectivity index (χ3v) is 11.1. The molecule has 9 aromatic rings. The molecule has 0 amide bonds.